The first kappa shape index (κ1) is 12.4. The van der Waals surface area contributed by atoms with Crippen molar-refractivity contribution in [3.8, 4) is 0 Å². The molecule has 0 bridgehead atoms. The molecule has 2 nitrogen and oxygen atoms in total. The smallest absolute Gasteiger partial charge is 0.128 e. The van der Waals surface area contributed by atoms with Crippen LogP contribution in [-0.2, 0) is 17.7 Å². The zero-order valence-corrected chi connectivity index (χ0v) is 11.9. The highest BCUT2D eigenvalue weighted by molar-refractivity contribution is 5.67. The summed E-state index contributed by atoms with van der Waals surface area (Å²) in [5.74, 6) is 0.846. The van der Waals surface area contributed by atoms with E-state index in [-0.39, 0.29) is 5.82 Å². The zero-order chi connectivity index (χ0) is 13.7. The maximum absolute atomic E-state index is 14.5. The van der Waals surface area contributed by atoms with Gasteiger partial charge >= 0.3 is 0 Å². The summed E-state index contributed by atoms with van der Waals surface area (Å²) in [7, 11) is 1.69. The molecule has 0 N–H and O–H groups in total. The van der Waals surface area contributed by atoms with Crippen molar-refractivity contribution < 1.29 is 9.13 Å². The number of methoxy groups -OCH3 is 1. The van der Waals surface area contributed by atoms with Crippen LogP contribution in [0.4, 0.5) is 4.39 Å². The molecular formula is C17H20FNO. The molecule has 2 heterocycles. The molecule has 0 spiro atoms. The highest BCUT2D eigenvalue weighted by Gasteiger charge is 2.32. The van der Waals surface area contributed by atoms with Crippen LogP contribution in [0.3, 0.4) is 0 Å². The molecule has 1 aromatic rings. The van der Waals surface area contributed by atoms with Crippen LogP contribution in [-0.4, -0.2) is 24.6 Å². The number of allylic oxidation sites excluding steroid dienone is 1. The molecule has 0 radical (unpaired) electrons. The molecule has 4 rings (SSSR count). The van der Waals surface area contributed by atoms with E-state index in [1.54, 1.807) is 13.2 Å². The van der Waals surface area contributed by atoms with E-state index in [0.717, 1.165) is 49.2 Å². The molecule has 106 valence electrons. The number of ether oxygens (including phenoxy) is 1. The minimum absolute atomic E-state index is 0.0568. The first-order valence-corrected chi connectivity index (χ1v) is 7.58. The average molecular weight is 273 g/mol. The highest BCUT2D eigenvalue weighted by Crippen LogP contribution is 2.39. The molecule has 3 aliphatic rings. The Morgan fingerprint density at radius 1 is 1.35 bits per heavy atom. The molecule has 1 aliphatic carbocycles. The van der Waals surface area contributed by atoms with Gasteiger partial charge in [0.05, 0.1) is 7.11 Å². The summed E-state index contributed by atoms with van der Waals surface area (Å²) in [6.07, 6.45) is 5.69. The Morgan fingerprint density at radius 2 is 2.20 bits per heavy atom. The van der Waals surface area contributed by atoms with Crippen LogP contribution in [0.2, 0.25) is 0 Å². The summed E-state index contributed by atoms with van der Waals surface area (Å²) >= 11 is 0. The Morgan fingerprint density at radius 3 is 2.95 bits per heavy atom. The van der Waals surface area contributed by atoms with E-state index in [2.05, 4.69) is 11.0 Å². The van der Waals surface area contributed by atoms with Gasteiger partial charge in [-0.1, -0.05) is 0 Å². The molecule has 1 unspecified atom stereocenters. The van der Waals surface area contributed by atoms with Crippen LogP contribution in [0.1, 0.15) is 42.4 Å². The lowest BCUT2D eigenvalue weighted by atomic mass is 9.92. The lowest BCUT2D eigenvalue weighted by Gasteiger charge is -2.32. The van der Waals surface area contributed by atoms with Crippen molar-refractivity contribution in [3.63, 3.8) is 0 Å². The Hall–Kier alpha value is -1.35. The second-order valence-corrected chi connectivity index (χ2v) is 6.20. The quantitative estimate of drug-likeness (QED) is 0.765. The van der Waals surface area contributed by atoms with Gasteiger partial charge in [0, 0.05) is 23.7 Å². The van der Waals surface area contributed by atoms with Crippen LogP contribution in [0.25, 0.3) is 5.76 Å². The normalized spacial score (nSPS) is 24.3. The first-order chi connectivity index (χ1) is 9.76. The standard InChI is InChI=1S/C17H20FNO/c1-20-17(11-4-5-11)13-7-12-8-14-3-2-6-19(14)10-15(12)16(18)9-13/h7,9,14H,2-6,8,10H2,1H3. The SMILES string of the molecule is COC(=C1CC1)c1cc(F)c2c(c1)CC1CCCN1C2. The van der Waals surface area contributed by atoms with Crippen molar-refractivity contribution in [1.29, 1.82) is 0 Å². The third-order valence-electron chi connectivity index (χ3n) is 4.89. The van der Waals surface area contributed by atoms with Crippen LogP contribution in [0, 0.1) is 5.82 Å². The summed E-state index contributed by atoms with van der Waals surface area (Å²) in [5, 5.41) is 0. The topological polar surface area (TPSA) is 12.5 Å². The third kappa shape index (κ3) is 1.96. The lowest BCUT2D eigenvalue weighted by molar-refractivity contribution is 0.223. The molecule has 3 heteroatoms. The van der Waals surface area contributed by atoms with E-state index in [1.165, 1.54) is 24.0 Å². The fourth-order valence-corrected chi connectivity index (χ4v) is 3.73. The van der Waals surface area contributed by atoms with Gasteiger partial charge in [0.1, 0.15) is 11.6 Å². The summed E-state index contributed by atoms with van der Waals surface area (Å²) in [6, 6.07) is 4.45. The van der Waals surface area contributed by atoms with Gasteiger partial charge in [0.15, 0.2) is 0 Å². The van der Waals surface area contributed by atoms with Crippen molar-refractivity contribution in [2.45, 2.75) is 44.7 Å². The van der Waals surface area contributed by atoms with Gasteiger partial charge in [0.2, 0.25) is 0 Å². The maximum atomic E-state index is 14.5. The predicted octanol–water partition coefficient (Wildman–Crippen LogP) is 3.50. The number of fused-ring (bicyclic) bond motifs is 2. The molecule has 20 heavy (non-hydrogen) atoms. The Kier molecular flexibility index (Phi) is 2.84. The van der Waals surface area contributed by atoms with Gasteiger partial charge in [-0.3, -0.25) is 4.90 Å². The summed E-state index contributed by atoms with van der Waals surface area (Å²) in [6.45, 7) is 1.91. The van der Waals surface area contributed by atoms with Gasteiger partial charge in [0.25, 0.3) is 0 Å². The highest BCUT2D eigenvalue weighted by atomic mass is 19.1. The van der Waals surface area contributed by atoms with Crippen molar-refractivity contribution in [2.75, 3.05) is 13.7 Å². The number of hydrogen-bond acceptors (Lipinski definition) is 2. The molecule has 2 aliphatic heterocycles. The van der Waals surface area contributed by atoms with Crippen molar-refractivity contribution >= 4 is 5.76 Å². The number of rotatable bonds is 2. The maximum Gasteiger partial charge on any atom is 0.128 e. The van der Waals surface area contributed by atoms with E-state index in [4.69, 9.17) is 4.74 Å². The van der Waals surface area contributed by atoms with Crippen molar-refractivity contribution in [1.82, 2.24) is 4.90 Å². The second kappa shape index (κ2) is 4.59. The number of halogens is 1. The van der Waals surface area contributed by atoms with E-state index < -0.39 is 0 Å². The largest absolute Gasteiger partial charge is 0.496 e. The molecular weight excluding hydrogens is 253 g/mol. The van der Waals surface area contributed by atoms with Gasteiger partial charge in [-0.05, 0) is 61.9 Å². The fourth-order valence-electron chi connectivity index (χ4n) is 3.73. The number of hydrogen-bond donors (Lipinski definition) is 0. The first-order valence-electron chi connectivity index (χ1n) is 7.58. The summed E-state index contributed by atoms with van der Waals surface area (Å²) < 4.78 is 20.0. The Labute approximate surface area is 119 Å². The van der Waals surface area contributed by atoms with Crippen molar-refractivity contribution in [3.05, 3.63) is 40.2 Å². The molecule has 0 aromatic heterocycles. The van der Waals surface area contributed by atoms with Gasteiger partial charge in [-0.15, -0.1) is 0 Å². The molecule has 1 atom stereocenters. The summed E-state index contributed by atoms with van der Waals surface area (Å²) in [4.78, 5) is 2.43. The lowest BCUT2D eigenvalue weighted by Crippen LogP contribution is -2.35. The van der Waals surface area contributed by atoms with Gasteiger partial charge in [-0.2, -0.15) is 0 Å². The molecule has 0 amide bonds. The summed E-state index contributed by atoms with van der Waals surface area (Å²) in [5.41, 5.74) is 4.36. The van der Waals surface area contributed by atoms with Crippen LogP contribution in [0.5, 0.6) is 0 Å². The fraction of sp³-hybridized carbons (Fsp3) is 0.529. The van der Waals surface area contributed by atoms with E-state index in [0.29, 0.717) is 6.04 Å². The van der Waals surface area contributed by atoms with E-state index in [1.807, 2.05) is 0 Å². The number of nitrogens with zero attached hydrogens (tertiary/aromatic N) is 1. The van der Waals surface area contributed by atoms with E-state index in [9.17, 15) is 4.39 Å². The third-order valence-corrected chi connectivity index (χ3v) is 4.89. The van der Waals surface area contributed by atoms with Crippen molar-refractivity contribution in [2.24, 2.45) is 0 Å². The second-order valence-electron chi connectivity index (χ2n) is 6.20. The molecule has 1 saturated carbocycles. The average Bonchev–Trinajstić information content (AvgIpc) is 3.16. The minimum atomic E-state index is -0.0568. The molecule has 1 aromatic carbocycles. The molecule has 2 fully saturated rings. The van der Waals surface area contributed by atoms with Crippen LogP contribution >= 0.6 is 0 Å². The minimum Gasteiger partial charge on any atom is -0.496 e. The van der Waals surface area contributed by atoms with Gasteiger partial charge < -0.3 is 4.74 Å². The van der Waals surface area contributed by atoms with E-state index >= 15 is 0 Å². The monoisotopic (exact) mass is 273 g/mol. The van der Waals surface area contributed by atoms with Crippen LogP contribution in [0.15, 0.2) is 17.7 Å². The van der Waals surface area contributed by atoms with Crippen LogP contribution < -0.4 is 0 Å². The van der Waals surface area contributed by atoms with Gasteiger partial charge in [-0.25, -0.2) is 4.39 Å². The zero-order valence-electron chi connectivity index (χ0n) is 11.9. The number of benzene rings is 1. The Bertz CT molecular complexity index is 587. The Balaban J connectivity index is 1.75. The predicted molar refractivity (Wildman–Crippen MR) is 76.7 cm³/mol. The molecule has 1 saturated heterocycles.